The molecule has 0 saturated carbocycles. The van der Waals surface area contributed by atoms with Gasteiger partial charge < -0.3 is 95.2 Å². The summed E-state index contributed by atoms with van der Waals surface area (Å²) in [6.07, 6.45) is -1.34. The zero-order valence-electron chi connectivity index (χ0n) is 29.9. The summed E-state index contributed by atoms with van der Waals surface area (Å²) in [5.74, 6) is 0. The van der Waals surface area contributed by atoms with Crippen LogP contribution < -0.4 is 0 Å². The second-order valence-corrected chi connectivity index (χ2v) is 10.5. The number of hydrogen-bond acceptors (Lipinski definition) is 6. The predicted molar refractivity (Wildman–Crippen MR) is 172 cm³/mol. The first kappa shape index (κ1) is 120. The van der Waals surface area contributed by atoms with E-state index in [-0.39, 0.29) is 154 Å². The van der Waals surface area contributed by atoms with E-state index < -0.39 is 28.7 Å². The van der Waals surface area contributed by atoms with Crippen LogP contribution in [0.2, 0.25) is 0 Å². The quantitative estimate of drug-likeness (QED) is 0.139. The van der Waals surface area contributed by atoms with E-state index in [1.165, 1.54) is 0 Å². The molecule has 0 heterocycles. The maximum Gasteiger partial charge on any atom is 2.00 e. The fraction of sp³-hybridized carbons (Fsp3) is 0.607. The number of aliphatic hydroxyl groups excluding tert-OH is 1. The van der Waals surface area contributed by atoms with E-state index in [0.717, 1.165) is 0 Å². The number of rotatable bonds is 1. The van der Waals surface area contributed by atoms with Gasteiger partial charge in [-0.05, 0) is 83.1 Å². The van der Waals surface area contributed by atoms with E-state index >= 15 is 0 Å². The van der Waals surface area contributed by atoms with Crippen LogP contribution in [0.1, 0.15) is 94.9 Å². The van der Waals surface area contributed by atoms with Crippen molar-refractivity contribution in [3.8, 4) is 0 Å². The van der Waals surface area contributed by atoms with Crippen LogP contribution in [-0.4, -0.2) is 80.4 Å². The van der Waals surface area contributed by atoms with E-state index in [2.05, 4.69) is 0 Å². The van der Waals surface area contributed by atoms with E-state index in [4.69, 9.17) is 30.6 Å². The van der Waals surface area contributed by atoms with Crippen molar-refractivity contribution in [1.29, 1.82) is 0 Å². The van der Waals surface area contributed by atoms with Crippen molar-refractivity contribution in [3.05, 3.63) is 73.0 Å². The molecule has 0 atom stereocenters. The molecule has 43 heavy (non-hydrogen) atoms. The number of aliphatic hydroxyl groups is 6. The maximum absolute atomic E-state index is 8.58. The van der Waals surface area contributed by atoms with Gasteiger partial charge in [0.15, 0.2) is 6.29 Å². The minimum Gasteiger partial charge on any atom is -0.412 e. The smallest absolute Gasteiger partial charge is 0.412 e. The van der Waals surface area contributed by atoms with Gasteiger partial charge in [0.05, 0.1) is 22.4 Å². The molecular formula is C28H73Nb4O11-. The summed E-state index contributed by atoms with van der Waals surface area (Å²) in [4.78, 5) is 0. The van der Waals surface area contributed by atoms with E-state index in [9.17, 15) is 0 Å². The van der Waals surface area contributed by atoms with Gasteiger partial charge in [-0.15, -0.1) is 0 Å². The summed E-state index contributed by atoms with van der Waals surface area (Å²) in [6, 6.07) is 8.66. The normalized spacial score (nSPS) is 7.70. The SMILES string of the molecule is CC(C)(C)O.CC(C)(C)O.CC(C)(C)O.CC(C)(C)O.O.O.O.O.O.OC(O)c1ccccc1.[CH3-].[CH3-].[CH3-].[CH3-].[CH3-].[Nb+2].[Nb+2].[Nb].[Nb]. The van der Waals surface area contributed by atoms with Gasteiger partial charge in [-0.2, -0.15) is 0 Å². The summed E-state index contributed by atoms with van der Waals surface area (Å²) in [7, 11) is 0. The Balaban J connectivity index is -0.0000000107. The molecule has 0 spiro atoms. The molecule has 0 fully saturated rings. The van der Waals surface area contributed by atoms with Gasteiger partial charge in [0.1, 0.15) is 0 Å². The van der Waals surface area contributed by atoms with Crippen LogP contribution in [-0.2, 0) is 89.5 Å². The second-order valence-electron chi connectivity index (χ2n) is 10.5. The number of hydrogen-bond donors (Lipinski definition) is 6. The first-order chi connectivity index (χ1) is 12.3. The number of benzene rings is 1. The van der Waals surface area contributed by atoms with Gasteiger partial charge in [0, 0.05) is 50.3 Å². The van der Waals surface area contributed by atoms with Crippen molar-refractivity contribution in [2.45, 2.75) is 112 Å². The first-order valence-electron chi connectivity index (χ1n) is 9.61. The molecule has 0 bridgehead atoms. The van der Waals surface area contributed by atoms with E-state index in [1.54, 1.807) is 107 Å². The Morgan fingerprint density at radius 2 is 0.535 bits per heavy atom. The summed E-state index contributed by atoms with van der Waals surface area (Å²) < 4.78 is 0. The van der Waals surface area contributed by atoms with Gasteiger partial charge in [0.2, 0.25) is 0 Å². The van der Waals surface area contributed by atoms with Gasteiger partial charge in [-0.25, -0.2) is 0 Å². The molecule has 0 aliphatic carbocycles. The third kappa shape index (κ3) is 404. The molecule has 0 aromatic heterocycles. The van der Waals surface area contributed by atoms with Crippen LogP contribution in [0, 0.1) is 37.1 Å². The average Bonchev–Trinajstić information content (AvgIpc) is 2.31. The van der Waals surface area contributed by atoms with Crippen LogP contribution in [0.25, 0.3) is 0 Å². The molecule has 0 aliphatic heterocycles. The second kappa shape index (κ2) is 59.2. The third-order valence-electron chi connectivity index (χ3n) is 1.10. The van der Waals surface area contributed by atoms with Crippen molar-refractivity contribution >= 4 is 0 Å². The fourth-order valence-electron chi connectivity index (χ4n) is 0.625. The Morgan fingerprint density at radius 1 is 0.419 bits per heavy atom. The van der Waals surface area contributed by atoms with Crippen molar-refractivity contribution in [2.24, 2.45) is 0 Å². The molecule has 0 unspecified atom stereocenters. The maximum atomic E-state index is 8.58. The van der Waals surface area contributed by atoms with Crippen molar-refractivity contribution < 1.29 is 148 Å². The van der Waals surface area contributed by atoms with Crippen LogP contribution in [0.5, 0.6) is 0 Å². The predicted octanol–water partition coefficient (Wildman–Crippen LogP) is 1.90. The Labute approximate surface area is 329 Å². The molecule has 272 valence electrons. The molecule has 1 aromatic carbocycles. The van der Waals surface area contributed by atoms with E-state index in [0.29, 0.717) is 5.56 Å². The zero-order chi connectivity index (χ0) is 24.7. The van der Waals surface area contributed by atoms with Crippen LogP contribution in [0.15, 0.2) is 30.3 Å². The minimum absolute atomic E-state index is 0. The molecule has 0 saturated heterocycles. The van der Waals surface area contributed by atoms with Gasteiger partial charge in [0.25, 0.3) is 0 Å². The van der Waals surface area contributed by atoms with Crippen LogP contribution >= 0.6 is 0 Å². The molecule has 4 radical (unpaired) electrons. The molecule has 16 N–H and O–H groups in total. The average molecular weight is 958 g/mol. The fourth-order valence-corrected chi connectivity index (χ4v) is 0.625. The molecule has 1 rings (SSSR count). The Morgan fingerprint density at radius 3 is 0.605 bits per heavy atom. The van der Waals surface area contributed by atoms with Crippen molar-refractivity contribution in [2.75, 3.05) is 0 Å². The topological polar surface area (TPSA) is 279 Å². The molecular weight excluding hydrogens is 884 g/mol. The third-order valence-corrected chi connectivity index (χ3v) is 1.10. The summed E-state index contributed by atoms with van der Waals surface area (Å²) >= 11 is 0. The Bertz CT molecular complexity index is 417. The molecule has 11 nitrogen and oxygen atoms in total. The van der Waals surface area contributed by atoms with Crippen LogP contribution in [0.4, 0.5) is 0 Å². The Kier molecular flexibility index (Phi) is 165. The summed E-state index contributed by atoms with van der Waals surface area (Å²) in [5.41, 5.74) is -1.47. The van der Waals surface area contributed by atoms with E-state index in [1.807, 2.05) is 6.07 Å². The molecule has 1 aromatic rings. The Hall–Kier alpha value is 1.74. The van der Waals surface area contributed by atoms with Crippen molar-refractivity contribution in [1.82, 2.24) is 0 Å². The van der Waals surface area contributed by atoms with Gasteiger partial charge in [-0.1, -0.05) is 30.3 Å². The summed E-state index contributed by atoms with van der Waals surface area (Å²) in [5, 5.41) is 51.2. The monoisotopic (exact) mass is 957 g/mol. The summed E-state index contributed by atoms with van der Waals surface area (Å²) in [6.45, 7) is 20.9. The van der Waals surface area contributed by atoms with Gasteiger partial charge >= 0.3 is 44.8 Å². The van der Waals surface area contributed by atoms with Gasteiger partial charge in [-0.3, -0.25) is 0 Å². The largest absolute Gasteiger partial charge is 2.00 e. The molecule has 0 amide bonds. The van der Waals surface area contributed by atoms with Crippen LogP contribution in [0.3, 0.4) is 0 Å². The van der Waals surface area contributed by atoms with Crippen molar-refractivity contribution in [3.63, 3.8) is 0 Å². The molecule has 0 aliphatic rings. The minimum atomic E-state index is -1.34. The first-order valence-corrected chi connectivity index (χ1v) is 9.61. The molecule has 15 heteroatoms. The standard InChI is InChI=1S/C7H8O2.4C4H10O.5CH3.4Nb.5H2O/c8-7(9)6-4-2-1-3-5-6;4*1-4(2,3)5;;;;;;;;;;;;;;/h1-5,7-9H;4*5H,1-3H3;5*1H3;;;;;5*1H2/q;;;;;5*-1;;;2*+2;;;;;. The zero-order valence-corrected chi connectivity index (χ0v) is 38.7.